The first kappa shape index (κ1) is 19.7. The third-order valence-corrected chi connectivity index (χ3v) is 5.80. The van der Waals surface area contributed by atoms with E-state index in [4.69, 9.17) is 11.6 Å². The maximum Gasteiger partial charge on any atom is 0.274 e. The molecule has 0 radical (unpaired) electrons. The van der Waals surface area contributed by atoms with Crippen LogP contribution in [0.2, 0.25) is 5.02 Å². The molecular weight excluding hydrogens is 392 g/mol. The Balaban J connectivity index is 1.34. The van der Waals surface area contributed by atoms with Gasteiger partial charge in [0.05, 0.1) is 22.6 Å². The summed E-state index contributed by atoms with van der Waals surface area (Å²) in [5.74, 6) is -0.0313. The van der Waals surface area contributed by atoms with Crippen molar-refractivity contribution in [1.29, 1.82) is 0 Å². The van der Waals surface area contributed by atoms with Crippen molar-refractivity contribution >= 4 is 17.5 Å². The summed E-state index contributed by atoms with van der Waals surface area (Å²) in [6, 6.07) is 1.76. The molecule has 0 saturated carbocycles. The van der Waals surface area contributed by atoms with E-state index in [1.54, 1.807) is 21.6 Å². The van der Waals surface area contributed by atoms with E-state index in [1.807, 2.05) is 42.9 Å². The van der Waals surface area contributed by atoms with Crippen molar-refractivity contribution in [2.45, 2.75) is 27.1 Å². The number of nitrogens with zero attached hydrogens (tertiary/aromatic N) is 8. The summed E-state index contributed by atoms with van der Waals surface area (Å²) < 4.78 is 5.31. The predicted molar refractivity (Wildman–Crippen MR) is 109 cm³/mol. The topological polar surface area (TPSA) is 77.0 Å². The second-order valence-corrected chi connectivity index (χ2v) is 7.83. The summed E-state index contributed by atoms with van der Waals surface area (Å²) in [7, 11) is 1.92. The van der Waals surface area contributed by atoms with Gasteiger partial charge in [0.2, 0.25) is 0 Å². The minimum atomic E-state index is -0.0313. The number of aromatic nitrogens is 6. The number of carbonyl (C=O) groups excluding carboxylic acids is 1. The van der Waals surface area contributed by atoms with Crippen LogP contribution >= 0.6 is 11.6 Å². The molecule has 1 fully saturated rings. The maximum atomic E-state index is 12.8. The van der Waals surface area contributed by atoms with Gasteiger partial charge >= 0.3 is 0 Å². The molecule has 3 aromatic heterocycles. The lowest BCUT2D eigenvalue weighted by Gasteiger charge is -2.34. The monoisotopic (exact) mass is 416 g/mol. The van der Waals surface area contributed by atoms with Gasteiger partial charge in [0, 0.05) is 57.7 Å². The second-order valence-electron chi connectivity index (χ2n) is 7.46. The van der Waals surface area contributed by atoms with Gasteiger partial charge in [-0.05, 0) is 19.9 Å². The smallest absolute Gasteiger partial charge is 0.274 e. The minimum absolute atomic E-state index is 0.0313. The molecule has 0 aliphatic carbocycles. The Morgan fingerprint density at radius 2 is 1.93 bits per heavy atom. The summed E-state index contributed by atoms with van der Waals surface area (Å²) >= 11 is 6.20. The molecular formula is C19H25ClN8O. The van der Waals surface area contributed by atoms with Crippen molar-refractivity contribution in [3.8, 4) is 0 Å². The molecule has 0 spiro atoms. The fourth-order valence-electron chi connectivity index (χ4n) is 3.59. The third-order valence-electron chi connectivity index (χ3n) is 5.26. The van der Waals surface area contributed by atoms with Gasteiger partial charge in [-0.3, -0.25) is 19.1 Å². The molecule has 9 nitrogen and oxygen atoms in total. The first-order valence-corrected chi connectivity index (χ1v) is 10.0. The van der Waals surface area contributed by atoms with Crippen LogP contribution in [0, 0.1) is 13.8 Å². The Morgan fingerprint density at radius 1 is 1.17 bits per heavy atom. The number of hydrogen-bond donors (Lipinski definition) is 0. The van der Waals surface area contributed by atoms with Gasteiger partial charge in [-0.2, -0.15) is 15.3 Å². The van der Waals surface area contributed by atoms with Crippen LogP contribution in [0.25, 0.3) is 0 Å². The lowest BCUT2D eigenvalue weighted by Crippen LogP contribution is -2.48. The van der Waals surface area contributed by atoms with E-state index >= 15 is 0 Å². The van der Waals surface area contributed by atoms with Crippen LogP contribution < -0.4 is 0 Å². The van der Waals surface area contributed by atoms with Gasteiger partial charge in [0.25, 0.3) is 5.91 Å². The lowest BCUT2D eigenvalue weighted by molar-refractivity contribution is 0.0621. The molecule has 3 aromatic rings. The highest BCUT2D eigenvalue weighted by atomic mass is 35.5. The van der Waals surface area contributed by atoms with Crippen molar-refractivity contribution in [2.24, 2.45) is 7.05 Å². The zero-order chi connectivity index (χ0) is 20.5. The van der Waals surface area contributed by atoms with E-state index in [-0.39, 0.29) is 5.91 Å². The zero-order valence-corrected chi connectivity index (χ0v) is 17.7. The van der Waals surface area contributed by atoms with Gasteiger partial charge in [-0.25, -0.2) is 4.68 Å². The van der Waals surface area contributed by atoms with Crippen LogP contribution in [0.5, 0.6) is 0 Å². The molecule has 0 bridgehead atoms. The normalized spacial score (nSPS) is 15.2. The van der Waals surface area contributed by atoms with E-state index in [1.165, 1.54) is 5.56 Å². The molecule has 29 heavy (non-hydrogen) atoms. The number of piperazine rings is 1. The van der Waals surface area contributed by atoms with Crippen LogP contribution in [0.4, 0.5) is 0 Å². The lowest BCUT2D eigenvalue weighted by atomic mass is 10.2. The number of halogens is 1. The first-order valence-electron chi connectivity index (χ1n) is 9.63. The number of carbonyl (C=O) groups is 1. The maximum absolute atomic E-state index is 12.8. The Bertz CT molecular complexity index is 1010. The molecule has 0 aromatic carbocycles. The van der Waals surface area contributed by atoms with E-state index in [0.717, 1.165) is 31.0 Å². The number of aryl methyl sites for hydroxylation is 2. The van der Waals surface area contributed by atoms with Crippen molar-refractivity contribution in [2.75, 3.05) is 26.2 Å². The Hall–Kier alpha value is -2.65. The van der Waals surface area contributed by atoms with Crippen LogP contribution in [0.3, 0.4) is 0 Å². The molecule has 1 amide bonds. The molecule has 4 heterocycles. The molecule has 0 atom stereocenters. The molecule has 1 aliphatic heterocycles. The van der Waals surface area contributed by atoms with Gasteiger partial charge in [-0.15, -0.1) is 0 Å². The van der Waals surface area contributed by atoms with Crippen LogP contribution in [0.15, 0.2) is 24.7 Å². The van der Waals surface area contributed by atoms with Gasteiger partial charge in [0.1, 0.15) is 12.4 Å². The molecule has 0 N–H and O–H groups in total. The highest BCUT2D eigenvalue weighted by molar-refractivity contribution is 6.31. The SMILES string of the molecule is Cc1nn(Cn2ccc(C(=O)N3CCN(Cc4cnn(C)c4)CC3)n2)c(C)c1Cl. The second kappa shape index (κ2) is 8.00. The van der Waals surface area contributed by atoms with Crippen molar-refractivity contribution in [1.82, 2.24) is 39.1 Å². The Labute approximate surface area is 174 Å². The summed E-state index contributed by atoms with van der Waals surface area (Å²) in [4.78, 5) is 17.0. The summed E-state index contributed by atoms with van der Waals surface area (Å²) in [5.41, 5.74) is 3.32. The van der Waals surface area contributed by atoms with E-state index < -0.39 is 0 Å². The number of amides is 1. The quantitative estimate of drug-likeness (QED) is 0.630. The summed E-state index contributed by atoms with van der Waals surface area (Å²) in [6.07, 6.45) is 5.72. The van der Waals surface area contributed by atoms with Crippen LogP contribution in [-0.4, -0.2) is 71.2 Å². The Kier molecular flexibility index (Phi) is 5.42. The van der Waals surface area contributed by atoms with E-state index in [2.05, 4.69) is 20.2 Å². The molecule has 4 rings (SSSR count). The number of rotatable bonds is 5. The number of hydrogen-bond acceptors (Lipinski definition) is 5. The molecule has 0 unspecified atom stereocenters. The molecule has 10 heteroatoms. The summed E-state index contributed by atoms with van der Waals surface area (Å²) in [6.45, 7) is 8.14. The fourth-order valence-corrected chi connectivity index (χ4v) is 3.72. The molecule has 1 aliphatic rings. The van der Waals surface area contributed by atoms with Gasteiger partial charge < -0.3 is 4.90 Å². The van der Waals surface area contributed by atoms with E-state index in [0.29, 0.717) is 30.5 Å². The highest BCUT2D eigenvalue weighted by Gasteiger charge is 2.24. The highest BCUT2D eigenvalue weighted by Crippen LogP contribution is 2.19. The van der Waals surface area contributed by atoms with E-state index in [9.17, 15) is 4.79 Å². The summed E-state index contributed by atoms with van der Waals surface area (Å²) in [5, 5.41) is 13.7. The first-order chi connectivity index (χ1) is 13.9. The molecule has 154 valence electrons. The van der Waals surface area contributed by atoms with Crippen molar-refractivity contribution < 1.29 is 4.79 Å². The van der Waals surface area contributed by atoms with Gasteiger partial charge in [0.15, 0.2) is 0 Å². The minimum Gasteiger partial charge on any atom is -0.335 e. The van der Waals surface area contributed by atoms with Crippen molar-refractivity contribution in [3.05, 3.63) is 52.3 Å². The zero-order valence-electron chi connectivity index (χ0n) is 16.9. The van der Waals surface area contributed by atoms with Crippen LogP contribution in [0.1, 0.15) is 27.4 Å². The largest absolute Gasteiger partial charge is 0.335 e. The average Bonchev–Trinajstić information content (AvgIpc) is 3.40. The average molecular weight is 417 g/mol. The molecule has 1 saturated heterocycles. The van der Waals surface area contributed by atoms with Crippen molar-refractivity contribution in [3.63, 3.8) is 0 Å². The van der Waals surface area contributed by atoms with Crippen LogP contribution in [-0.2, 0) is 20.3 Å². The van der Waals surface area contributed by atoms with Gasteiger partial charge in [-0.1, -0.05) is 11.6 Å². The predicted octanol–water partition coefficient (Wildman–Crippen LogP) is 1.55. The Morgan fingerprint density at radius 3 is 2.55 bits per heavy atom. The standard InChI is InChI=1S/C19H25ClN8O/c1-14-18(20)15(2)28(22-14)13-27-5-4-17(23-27)19(29)26-8-6-25(7-9-26)12-16-10-21-24(3)11-16/h4-5,10-11H,6-9,12-13H2,1-3H3. The third kappa shape index (κ3) is 4.20. The fraction of sp³-hybridized carbons (Fsp3) is 0.474.